The van der Waals surface area contributed by atoms with Crippen molar-refractivity contribution in [2.75, 3.05) is 21.2 Å². The molecule has 0 bridgehead atoms. The van der Waals surface area contributed by atoms with Gasteiger partial charge in [0.05, 0.1) is 12.5 Å². The largest absolute Gasteiger partial charge is 0.497 e. The number of aromatic nitrogens is 3. The smallest absolute Gasteiger partial charge is 0.263 e. The van der Waals surface area contributed by atoms with E-state index in [4.69, 9.17) is 4.74 Å². The van der Waals surface area contributed by atoms with Gasteiger partial charge in [-0.05, 0) is 75.5 Å². The van der Waals surface area contributed by atoms with E-state index < -0.39 is 5.56 Å². The number of rotatable bonds is 8. The van der Waals surface area contributed by atoms with Gasteiger partial charge in [0.1, 0.15) is 23.9 Å². The standard InChI is InChI=1S/C28H30FN5O3/c1-17(2)31-25(35)16-34-27(19-7-6-8-23(12-19)37-5)32-26-24(28(34)36)13-21(14-30-26)20-9-18(15-33(3)4)10-22(29)11-20/h6-14,17H,15-16H2,1-5H3,(H,31,35). The molecule has 0 saturated heterocycles. The van der Waals surface area contributed by atoms with Crippen LogP contribution in [0, 0.1) is 5.82 Å². The third kappa shape index (κ3) is 6.00. The number of nitrogens with one attached hydrogen (secondary N) is 1. The summed E-state index contributed by atoms with van der Waals surface area (Å²) in [6.45, 7) is 4.04. The molecule has 0 aliphatic heterocycles. The van der Waals surface area contributed by atoms with Crippen molar-refractivity contribution in [1.29, 1.82) is 0 Å². The lowest BCUT2D eigenvalue weighted by atomic mass is 10.0. The predicted molar refractivity (Wildman–Crippen MR) is 142 cm³/mol. The van der Waals surface area contributed by atoms with Gasteiger partial charge in [0, 0.05) is 29.9 Å². The van der Waals surface area contributed by atoms with E-state index in [1.807, 2.05) is 38.9 Å². The van der Waals surface area contributed by atoms with Gasteiger partial charge in [-0.2, -0.15) is 0 Å². The van der Waals surface area contributed by atoms with Crippen LogP contribution < -0.4 is 15.6 Å². The fourth-order valence-electron chi connectivity index (χ4n) is 4.18. The predicted octanol–water partition coefficient (Wildman–Crippen LogP) is 3.86. The zero-order valence-corrected chi connectivity index (χ0v) is 21.6. The van der Waals surface area contributed by atoms with Crippen molar-refractivity contribution in [1.82, 2.24) is 24.8 Å². The van der Waals surface area contributed by atoms with Gasteiger partial charge in [-0.25, -0.2) is 14.4 Å². The first-order chi connectivity index (χ1) is 17.6. The van der Waals surface area contributed by atoms with Gasteiger partial charge < -0.3 is 15.0 Å². The summed E-state index contributed by atoms with van der Waals surface area (Å²) in [6.07, 6.45) is 1.58. The fourth-order valence-corrected chi connectivity index (χ4v) is 4.18. The molecule has 0 fully saturated rings. The first-order valence-corrected chi connectivity index (χ1v) is 11.9. The van der Waals surface area contributed by atoms with E-state index in [0.717, 1.165) is 5.56 Å². The fraction of sp³-hybridized carbons (Fsp3) is 0.286. The molecule has 0 aliphatic rings. The highest BCUT2D eigenvalue weighted by molar-refractivity contribution is 5.83. The van der Waals surface area contributed by atoms with E-state index in [1.54, 1.807) is 43.6 Å². The van der Waals surface area contributed by atoms with Crippen molar-refractivity contribution in [3.8, 4) is 28.3 Å². The molecule has 0 unspecified atom stereocenters. The number of ether oxygens (including phenoxy) is 1. The topological polar surface area (TPSA) is 89.4 Å². The molecule has 9 heteroatoms. The molecule has 37 heavy (non-hydrogen) atoms. The van der Waals surface area contributed by atoms with Crippen LogP contribution in [0.2, 0.25) is 0 Å². The van der Waals surface area contributed by atoms with Gasteiger partial charge in [0.2, 0.25) is 5.91 Å². The summed E-state index contributed by atoms with van der Waals surface area (Å²) >= 11 is 0. The Morgan fingerprint density at radius 1 is 1.11 bits per heavy atom. The van der Waals surface area contributed by atoms with Crippen molar-refractivity contribution in [3.05, 3.63) is 76.5 Å². The number of hydrogen-bond acceptors (Lipinski definition) is 6. The second-order valence-corrected chi connectivity index (χ2v) is 9.46. The lowest BCUT2D eigenvalue weighted by Crippen LogP contribution is -2.37. The third-order valence-corrected chi connectivity index (χ3v) is 5.68. The van der Waals surface area contributed by atoms with Gasteiger partial charge in [0.25, 0.3) is 5.56 Å². The van der Waals surface area contributed by atoms with Crippen LogP contribution in [0.4, 0.5) is 4.39 Å². The molecule has 2 heterocycles. The molecule has 0 saturated carbocycles. The second-order valence-electron chi connectivity index (χ2n) is 9.46. The molecule has 1 amide bonds. The van der Waals surface area contributed by atoms with Gasteiger partial charge >= 0.3 is 0 Å². The normalized spacial score (nSPS) is 11.4. The molecule has 1 N–H and O–H groups in total. The number of fused-ring (bicyclic) bond motifs is 1. The molecule has 0 radical (unpaired) electrons. The van der Waals surface area contributed by atoms with Crippen LogP contribution in [0.5, 0.6) is 5.75 Å². The van der Waals surface area contributed by atoms with Crippen LogP contribution in [-0.2, 0) is 17.9 Å². The van der Waals surface area contributed by atoms with E-state index in [-0.39, 0.29) is 35.3 Å². The van der Waals surface area contributed by atoms with Crippen LogP contribution in [0.25, 0.3) is 33.5 Å². The maximum Gasteiger partial charge on any atom is 0.263 e. The Morgan fingerprint density at radius 3 is 2.59 bits per heavy atom. The van der Waals surface area contributed by atoms with Crippen LogP contribution in [0.1, 0.15) is 19.4 Å². The number of carbonyl (C=O) groups excluding carboxylic acids is 1. The minimum Gasteiger partial charge on any atom is -0.497 e. The molecule has 8 nitrogen and oxygen atoms in total. The Labute approximate surface area is 214 Å². The third-order valence-electron chi connectivity index (χ3n) is 5.68. The summed E-state index contributed by atoms with van der Waals surface area (Å²) in [5.41, 5.74) is 2.41. The van der Waals surface area contributed by atoms with Gasteiger partial charge in [-0.15, -0.1) is 0 Å². The van der Waals surface area contributed by atoms with E-state index in [2.05, 4.69) is 15.3 Å². The van der Waals surface area contributed by atoms with Crippen molar-refractivity contribution in [2.24, 2.45) is 0 Å². The molecule has 192 valence electrons. The molecule has 0 spiro atoms. The first-order valence-electron chi connectivity index (χ1n) is 11.9. The molecular weight excluding hydrogens is 473 g/mol. The summed E-state index contributed by atoms with van der Waals surface area (Å²) in [7, 11) is 5.37. The quantitative estimate of drug-likeness (QED) is 0.393. The van der Waals surface area contributed by atoms with E-state index >= 15 is 0 Å². The molecular formula is C28H30FN5O3. The minimum absolute atomic E-state index is 0.0884. The number of pyridine rings is 1. The second kappa shape index (κ2) is 10.9. The van der Waals surface area contributed by atoms with E-state index in [0.29, 0.717) is 34.8 Å². The van der Waals surface area contributed by atoms with E-state index in [9.17, 15) is 14.0 Å². The number of amides is 1. The summed E-state index contributed by atoms with van der Waals surface area (Å²) in [5.74, 6) is 0.205. The maximum absolute atomic E-state index is 14.4. The molecule has 4 rings (SSSR count). The van der Waals surface area contributed by atoms with Crippen molar-refractivity contribution in [2.45, 2.75) is 33.0 Å². The van der Waals surface area contributed by atoms with E-state index in [1.165, 1.54) is 16.7 Å². The first kappa shape index (κ1) is 26.0. The van der Waals surface area contributed by atoms with Crippen molar-refractivity contribution < 1.29 is 13.9 Å². The molecule has 4 aromatic rings. The summed E-state index contributed by atoms with van der Waals surface area (Å²) in [4.78, 5) is 37.5. The minimum atomic E-state index is -0.416. The van der Waals surface area contributed by atoms with Gasteiger partial charge in [0.15, 0.2) is 5.65 Å². The number of benzene rings is 2. The number of carbonyl (C=O) groups is 1. The van der Waals surface area contributed by atoms with Crippen LogP contribution >= 0.6 is 0 Å². The number of halogens is 1. The number of hydrogen-bond donors (Lipinski definition) is 1. The molecule has 2 aromatic carbocycles. The SMILES string of the molecule is COc1cccc(-c2nc3ncc(-c4cc(F)cc(CN(C)C)c4)cc3c(=O)n2CC(=O)NC(C)C)c1. The Kier molecular flexibility index (Phi) is 7.63. The molecule has 2 aromatic heterocycles. The van der Waals surface area contributed by atoms with Crippen molar-refractivity contribution >= 4 is 16.9 Å². The van der Waals surface area contributed by atoms with Crippen molar-refractivity contribution in [3.63, 3.8) is 0 Å². The Hall–Kier alpha value is -4.11. The summed E-state index contributed by atoms with van der Waals surface area (Å²) < 4.78 is 21.1. The van der Waals surface area contributed by atoms with Gasteiger partial charge in [-0.3, -0.25) is 14.2 Å². The van der Waals surface area contributed by atoms with Crippen LogP contribution in [-0.4, -0.2) is 52.6 Å². The highest BCUT2D eigenvalue weighted by atomic mass is 19.1. The highest BCUT2D eigenvalue weighted by Crippen LogP contribution is 2.26. The molecule has 0 aliphatic carbocycles. The van der Waals surface area contributed by atoms with Crippen LogP contribution in [0.3, 0.4) is 0 Å². The monoisotopic (exact) mass is 503 g/mol. The summed E-state index contributed by atoms with van der Waals surface area (Å²) in [5, 5.41) is 3.06. The number of methoxy groups -OCH3 is 1. The zero-order valence-electron chi connectivity index (χ0n) is 21.6. The lowest BCUT2D eigenvalue weighted by molar-refractivity contribution is -0.122. The zero-order chi connectivity index (χ0) is 26.7. The Balaban J connectivity index is 1.89. The number of nitrogens with zero attached hydrogens (tertiary/aromatic N) is 4. The summed E-state index contributed by atoms with van der Waals surface area (Å²) in [6, 6.07) is 13.4. The Bertz CT molecular complexity index is 1510. The average Bonchev–Trinajstić information content (AvgIpc) is 2.84. The highest BCUT2D eigenvalue weighted by Gasteiger charge is 2.18. The lowest BCUT2D eigenvalue weighted by Gasteiger charge is -2.16. The maximum atomic E-state index is 14.4. The molecule has 0 atom stereocenters. The van der Waals surface area contributed by atoms with Gasteiger partial charge in [-0.1, -0.05) is 12.1 Å². The Morgan fingerprint density at radius 2 is 1.89 bits per heavy atom. The van der Waals surface area contributed by atoms with Crippen LogP contribution in [0.15, 0.2) is 59.5 Å². The average molecular weight is 504 g/mol.